The van der Waals surface area contributed by atoms with Crippen LogP contribution in [0.15, 0.2) is 18.2 Å². The van der Waals surface area contributed by atoms with E-state index in [0.29, 0.717) is 19.6 Å². The summed E-state index contributed by atoms with van der Waals surface area (Å²) in [6.45, 7) is 4.83. The summed E-state index contributed by atoms with van der Waals surface area (Å²) in [6, 6.07) is 4.05. The molecule has 0 amide bonds. The van der Waals surface area contributed by atoms with E-state index in [2.05, 4.69) is 10.2 Å². The number of rotatable bonds is 2. The van der Waals surface area contributed by atoms with Crippen molar-refractivity contribution in [3.05, 3.63) is 63.0 Å². The molecule has 0 N–H and O–H groups in total. The minimum Gasteiger partial charge on any atom is -0.369 e. The molecule has 7 heteroatoms. The first-order valence-corrected chi connectivity index (χ1v) is 8.40. The maximum atomic E-state index is 13.5. The molecule has 124 valence electrons. The Morgan fingerprint density at radius 2 is 2.00 bits per heavy atom. The Morgan fingerprint density at radius 1 is 1.17 bits per heavy atom. The number of ether oxygens (including phenoxy) is 1. The van der Waals surface area contributed by atoms with Crippen molar-refractivity contribution >= 4 is 11.3 Å². The van der Waals surface area contributed by atoms with Gasteiger partial charge in [0, 0.05) is 10.4 Å². The maximum absolute atomic E-state index is 13.5. The predicted molar refractivity (Wildman–Crippen MR) is 86.4 cm³/mol. The molecule has 1 aliphatic heterocycles. The monoisotopic (exact) mass is 347 g/mol. The van der Waals surface area contributed by atoms with Crippen LogP contribution in [0.1, 0.15) is 33.2 Å². The summed E-state index contributed by atoms with van der Waals surface area (Å²) in [4.78, 5) is 1.13. The zero-order valence-electron chi connectivity index (χ0n) is 13.3. The van der Waals surface area contributed by atoms with Gasteiger partial charge in [-0.2, -0.15) is 0 Å². The number of benzene rings is 1. The van der Waals surface area contributed by atoms with Crippen molar-refractivity contribution in [2.45, 2.75) is 33.5 Å². The molecule has 1 aromatic carbocycles. The Balaban J connectivity index is 1.80. The van der Waals surface area contributed by atoms with Gasteiger partial charge in [-0.05, 0) is 43.5 Å². The lowest BCUT2D eigenvalue weighted by molar-refractivity contribution is 0.104. The third-order valence-electron chi connectivity index (χ3n) is 4.23. The van der Waals surface area contributed by atoms with E-state index in [0.717, 1.165) is 38.2 Å². The third kappa shape index (κ3) is 2.44. The zero-order chi connectivity index (χ0) is 16.8. The summed E-state index contributed by atoms with van der Waals surface area (Å²) in [5.41, 5.74) is 2.91. The van der Waals surface area contributed by atoms with Gasteiger partial charge in [0.2, 0.25) is 0 Å². The van der Waals surface area contributed by atoms with Crippen LogP contribution in [0.3, 0.4) is 0 Å². The van der Waals surface area contributed by atoms with Gasteiger partial charge in [-0.15, -0.1) is 21.5 Å². The number of aryl methyl sites for hydroxylation is 2. The van der Waals surface area contributed by atoms with E-state index in [9.17, 15) is 8.78 Å². The molecule has 3 aromatic rings. The fourth-order valence-electron chi connectivity index (χ4n) is 3.03. The van der Waals surface area contributed by atoms with Gasteiger partial charge in [-0.25, -0.2) is 8.78 Å². The summed E-state index contributed by atoms with van der Waals surface area (Å²) >= 11 is 1.65. The van der Waals surface area contributed by atoms with Crippen molar-refractivity contribution in [1.82, 2.24) is 14.8 Å². The zero-order valence-corrected chi connectivity index (χ0v) is 14.1. The molecule has 0 radical (unpaired) electrons. The van der Waals surface area contributed by atoms with Gasteiger partial charge >= 0.3 is 0 Å². The topological polar surface area (TPSA) is 39.9 Å². The smallest absolute Gasteiger partial charge is 0.164 e. The van der Waals surface area contributed by atoms with Gasteiger partial charge < -0.3 is 4.74 Å². The average molecular weight is 347 g/mol. The molecule has 0 saturated heterocycles. The lowest BCUT2D eigenvalue weighted by Crippen LogP contribution is -2.01. The van der Waals surface area contributed by atoms with Crippen molar-refractivity contribution in [1.29, 1.82) is 0 Å². The van der Waals surface area contributed by atoms with E-state index in [4.69, 9.17) is 4.74 Å². The molecule has 2 aromatic heterocycles. The highest BCUT2D eigenvalue weighted by molar-refractivity contribution is 7.14. The molecule has 0 unspecified atom stereocenters. The van der Waals surface area contributed by atoms with Crippen LogP contribution in [0.2, 0.25) is 0 Å². The van der Waals surface area contributed by atoms with Crippen molar-refractivity contribution in [2.75, 3.05) is 0 Å². The van der Waals surface area contributed by atoms with Crippen molar-refractivity contribution in [2.24, 2.45) is 0 Å². The van der Waals surface area contributed by atoms with Gasteiger partial charge in [0.05, 0.1) is 6.61 Å². The number of fused-ring (bicyclic) bond motifs is 3. The van der Waals surface area contributed by atoms with E-state index < -0.39 is 11.6 Å². The number of hydrogen-bond acceptors (Lipinski definition) is 4. The van der Waals surface area contributed by atoms with Gasteiger partial charge in [0.1, 0.15) is 17.4 Å². The molecule has 0 aliphatic carbocycles. The van der Waals surface area contributed by atoms with Crippen LogP contribution in [0.4, 0.5) is 8.78 Å². The van der Waals surface area contributed by atoms with Gasteiger partial charge in [0.25, 0.3) is 0 Å². The summed E-state index contributed by atoms with van der Waals surface area (Å²) in [7, 11) is 0. The van der Waals surface area contributed by atoms with Crippen LogP contribution in [0, 0.1) is 25.5 Å². The molecular formula is C17H15F2N3OS. The van der Waals surface area contributed by atoms with E-state index >= 15 is 0 Å². The first-order chi connectivity index (χ1) is 11.5. The number of thiophene rings is 1. The molecule has 3 heterocycles. The fraction of sp³-hybridized carbons (Fsp3) is 0.294. The Hall–Kier alpha value is -2.12. The minimum absolute atomic E-state index is 0.409. The van der Waals surface area contributed by atoms with Crippen LogP contribution >= 0.6 is 11.3 Å². The number of aromatic nitrogens is 3. The lowest BCUT2D eigenvalue weighted by Gasteiger charge is -2.07. The molecule has 24 heavy (non-hydrogen) atoms. The van der Waals surface area contributed by atoms with E-state index in [1.807, 2.05) is 18.4 Å². The molecule has 0 bridgehead atoms. The summed E-state index contributed by atoms with van der Waals surface area (Å²) < 4.78 is 34.4. The molecule has 0 saturated carbocycles. The Labute approximate surface area is 141 Å². The highest BCUT2D eigenvalue weighted by atomic mass is 32.1. The molecular weight excluding hydrogens is 332 g/mol. The highest BCUT2D eigenvalue weighted by Crippen LogP contribution is 2.36. The van der Waals surface area contributed by atoms with Crippen LogP contribution < -0.4 is 0 Å². The van der Waals surface area contributed by atoms with Crippen LogP contribution in [0.25, 0.3) is 5.00 Å². The SMILES string of the molecule is Cc1sc2c(c1Cc1ccc(F)c(F)c1)COCc1nnc(C)n1-2. The van der Waals surface area contributed by atoms with Crippen molar-refractivity contribution in [3.63, 3.8) is 0 Å². The highest BCUT2D eigenvalue weighted by Gasteiger charge is 2.24. The Kier molecular flexibility index (Phi) is 3.69. The molecule has 0 atom stereocenters. The summed E-state index contributed by atoms with van der Waals surface area (Å²) in [5, 5.41) is 9.35. The van der Waals surface area contributed by atoms with Crippen LogP contribution in [0.5, 0.6) is 0 Å². The standard InChI is InChI=1S/C17H15F2N3OS/c1-9-12(5-11-3-4-14(18)15(19)6-11)13-7-23-8-16-21-20-10(2)22(16)17(13)24-9/h3-4,6H,5,7-8H2,1-2H3. The van der Waals surface area contributed by atoms with E-state index in [1.165, 1.54) is 12.1 Å². The van der Waals surface area contributed by atoms with Crippen LogP contribution in [-0.4, -0.2) is 14.8 Å². The molecule has 0 spiro atoms. The predicted octanol–water partition coefficient (Wildman–Crippen LogP) is 3.84. The molecule has 4 rings (SSSR count). The van der Waals surface area contributed by atoms with Crippen molar-refractivity contribution < 1.29 is 13.5 Å². The van der Waals surface area contributed by atoms with E-state index in [1.54, 1.807) is 17.4 Å². The first kappa shape index (κ1) is 15.4. The normalized spacial score (nSPS) is 13.5. The number of nitrogens with zero attached hydrogens (tertiary/aromatic N) is 3. The second-order valence-corrected chi connectivity index (χ2v) is 7.04. The average Bonchev–Trinajstić information content (AvgIpc) is 2.98. The maximum Gasteiger partial charge on any atom is 0.164 e. The van der Waals surface area contributed by atoms with Crippen molar-refractivity contribution in [3.8, 4) is 5.00 Å². The van der Waals surface area contributed by atoms with E-state index in [-0.39, 0.29) is 0 Å². The first-order valence-electron chi connectivity index (χ1n) is 7.58. The third-order valence-corrected chi connectivity index (χ3v) is 5.41. The van der Waals surface area contributed by atoms with Gasteiger partial charge in [-0.3, -0.25) is 4.57 Å². The second-order valence-electron chi connectivity index (χ2n) is 5.84. The van der Waals surface area contributed by atoms with Crippen LogP contribution in [-0.2, 0) is 24.4 Å². The quantitative estimate of drug-likeness (QED) is 0.707. The lowest BCUT2D eigenvalue weighted by atomic mass is 10.0. The van der Waals surface area contributed by atoms with Gasteiger partial charge in [0.15, 0.2) is 17.5 Å². The summed E-state index contributed by atoms with van der Waals surface area (Å²) in [6.07, 6.45) is 0.536. The Morgan fingerprint density at radius 3 is 2.79 bits per heavy atom. The largest absolute Gasteiger partial charge is 0.369 e. The molecule has 1 aliphatic rings. The minimum atomic E-state index is -0.826. The summed E-state index contributed by atoms with van der Waals surface area (Å²) in [5.74, 6) is -0.0448. The molecule has 0 fully saturated rings. The fourth-order valence-corrected chi connectivity index (χ4v) is 4.28. The number of hydrogen-bond donors (Lipinski definition) is 0. The molecule has 4 nitrogen and oxygen atoms in total. The van der Waals surface area contributed by atoms with Gasteiger partial charge in [-0.1, -0.05) is 6.07 Å². The number of halogens is 2. The second kappa shape index (κ2) is 5.75. The Bertz CT molecular complexity index is 932.